The maximum atomic E-state index is 9.14. The van der Waals surface area contributed by atoms with Crippen molar-refractivity contribution >= 4 is 5.69 Å². The lowest BCUT2D eigenvalue weighted by atomic mass is 10.0. The van der Waals surface area contributed by atoms with Gasteiger partial charge in [0.2, 0.25) is 0 Å². The summed E-state index contributed by atoms with van der Waals surface area (Å²) in [6.07, 6.45) is 0.768. The van der Waals surface area contributed by atoms with Gasteiger partial charge in [-0.3, -0.25) is 0 Å². The van der Waals surface area contributed by atoms with E-state index in [4.69, 9.17) is 9.84 Å². The van der Waals surface area contributed by atoms with Crippen LogP contribution in [-0.4, -0.2) is 38.0 Å². The summed E-state index contributed by atoms with van der Waals surface area (Å²) in [6.45, 7) is 10.6. The van der Waals surface area contributed by atoms with Gasteiger partial charge in [-0.2, -0.15) is 0 Å². The number of ether oxygens (including phenoxy) is 1. The van der Waals surface area contributed by atoms with Crippen LogP contribution in [0.15, 0.2) is 18.2 Å². The van der Waals surface area contributed by atoms with Crippen LogP contribution in [0.4, 0.5) is 5.69 Å². The average Bonchev–Trinajstić information content (AvgIpc) is 2.47. The molecule has 0 aromatic heterocycles. The first-order chi connectivity index (χ1) is 10.1. The molecule has 0 fully saturated rings. The molecule has 0 spiro atoms. The third kappa shape index (κ3) is 4.61. The highest BCUT2D eigenvalue weighted by Gasteiger charge is 2.21. The number of anilines is 1. The Labute approximate surface area is 129 Å². The van der Waals surface area contributed by atoms with E-state index in [1.807, 2.05) is 12.1 Å². The number of hydrogen-bond acceptors (Lipinski definition) is 4. The molecule has 0 saturated heterocycles. The number of aliphatic hydroxyl groups excluding tert-OH is 1. The van der Waals surface area contributed by atoms with Gasteiger partial charge in [0, 0.05) is 36.5 Å². The van der Waals surface area contributed by atoms with E-state index in [0.717, 1.165) is 25.3 Å². The molecule has 0 saturated carbocycles. The maximum Gasteiger partial charge on any atom is 0.125 e. The van der Waals surface area contributed by atoms with Crippen molar-refractivity contribution in [3.05, 3.63) is 23.8 Å². The number of nitrogens with zero attached hydrogens (tertiary/aromatic N) is 1. The zero-order valence-electron chi connectivity index (χ0n) is 14.0. The second kappa shape index (κ2) is 8.90. The minimum Gasteiger partial charge on any atom is -0.496 e. The SMILES string of the molecule is CCNC(C)c1c(OC)cccc1N(CCCO)C(C)C. The molecule has 1 rings (SSSR count). The Kier molecular flexibility index (Phi) is 7.54. The first-order valence-corrected chi connectivity index (χ1v) is 7.84. The lowest BCUT2D eigenvalue weighted by molar-refractivity contribution is 0.288. The van der Waals surface area contributed by atoms with E-state index in [9.17, 15) is 0 Å². The molecule has 0 bridgehead atoms. The molecule has 0 heterocycles. The fourth-order valence-electron chi connectivity index (χ4n) is 2.70. The van der Waals surface area contributed by atoms with Gasteiger partial charge in [0.1, 0.15) is 5.75 Å². The highest BCUT2D eigenvalue weighted by atomic mass is 16.5. The van der Waals surface area contributed by atoms with E-state index in [0.29, 0.717) is 6.04 Å². The van der Waals surface area contributed by atoms with Gasteiger partial charge in [0.05, 0.1) is 7.11 Å². The van der Waals surface area contributed by atoms with Crippen LogP contribution in [-0.2, 0) is 0 Å². The smallest absolute Gasteiger partial charge is 0.125 e. The van der Waals surface area contributed by atoms with E-state index < -0.39 is 0 Å². The number of nitrogens with one attached hydrogen (secondary N) is 1. The Balaban J connectivity index is 3.24. The van der Waals surface area contributed by atoms with Crippen molar-refractivity contribution in [3.63, 3.8) is 0 Å². The third-order valence-corrected chi connectivity index (χ3v) is 3.70. The molecule has 1 atom stereocenters. The fourth-order valence-corrected chi connectivity index (χ4v) is 2.70. The van der Waals surface area contributed by atoms with E-state index in [1.165, 1.54) is 11.3 Å². The number of methoxy groups -OCH3 is 1. The Morgan fingerprint density at radius 1 is 1.29 bits per heavy atom. The molecule has 0 aliphatic carbocycles. The largest absolute Gasteiger partial charge is 0.496 e. The number of hydrogen-bond donors (Lipinski definition) is 2. The third-order valence-electron chi connectivity index (χ3n) is 3.70. The van der Waals surface area contributed by atoms with E-state index in [-0.39, 0.29) is 12.6 Å². The average molecular weight is 294 g/mol. The van der Waals surface area contributed by atoms with Crippen molar-refractivity contribution in [2.24, 2.45) is 0 Å². The minimum absolute atomic E-state index is 0.214. The van der Waals surface area contributed by atoms with Gasteiger partial charge in [-0.1, -0.05) is 13.0 Å². The van der Waals surface area contributed by atoms with Crippen molar-refractivity contribution in [2.75, 3.05) is 31.7 Å². The predicted molar refractivity (Wildman–Crippen MR) is 89.3 cm³/mol. The molecule has 2 N–H and O–H groups in total. The summed E-state index contributed by atoms with van der Waals surface area (Å²) in [5.74, 6) is 0.913. The molecule has 1 aromatic rings. The molecule has 0 amide bonds. The second-order valence-corrected chi connectivity index (χ2v) is 5.54. The van der Waals surface area contributed by atoms with Gasteiger partial charge in [-0.15, -0.1) is 0 Å². The Morgan fingerprint density at radius 3 is 2.52 bits per heavy atom. The van der Waals surface area contributed by atoms with E-state index in [2.05, 4.69) is 44.0 Å². The quantitative estimate of drug-likeness (QED) is 0.735. The predicted octanol–water partition coefficient (Wildman–Crippen LogP) is 2.96. The number of benzene rings is 1. The van der Waals surface area contributed by atoms with Crippen LogP contribution in [0.25, 0.3) is 0 Å². The normalized spacial score (nSPS) is 12.5. The van der Waals surface area contributed by atoms with Crippen molar-refractivity contribution in [1.29, 1.82) is 0 Å². The second-order valence-electron chi connectivity index (χ2n) is 5.54. The summed E-state index contributed by atoms with van der Waals surface area (Å²) in [4.78, 5) is 2.34. The van der Waals surface area contributed by atoms with Crippen LogP contribution in [0.5, 0.6) is 5.75 Å². The first kappa shape index (κ1) is 17.8. The molecule has 120 valence electrons. The molecule has 0 radical (unpaired) electrons. The van der Waals surface area contributed by atoms with Crippen molar-refractivity contribution in [1.82, 2.24) is 5.32 Å². The minimum atomic E-state index is 0.214. The monoisotopic (exact) mass is 294 g/mol. The van der Waals surface area contributed by atoms with Crippen molar-refractivity contribution in [2.45, 2.75) is 46.2 Å². The van der Waals surface area contributed by atoms with Gasteiger partial charge in [-0.25, -0.2) is 0 Å². The molecule has 4 heteroatoms. The summed E-state index contributed by atoms with van der Waals surface area (Å²) in [5, 5.41) is 12.6. The van der Waals surface area contributed by atoms with E-state index >= 15 is 0 Å². The molecule has 21 heavy (non-hydrogen) atoms. The number of rotatable bonds is 9. The van der Waals surface area contributed by atoms with Gasteiger partial charge in [0.25, 0.3) is 0 Å². The topological polar surface area (TPSA) is 44.7 Å². The van der Waals surface area contributed by atoms with Gasteiger partial charge in [-0.05, 0) is 45.9 Å². The highest BCUT2D eigenvalue weighted by molar-refractivity contribution is 5.61. The molecular weight excluding hydrogens is 264 g/mol. The molecule has 0 aliphatic heterocycles. The van der Waals surface area contributed by atoms with E-state index in [1.54, 1.807) is 7.11 Å². The highest BCUT2D eigenvalue weighted by Crippen LogP contribution is 2.35. The van der Waals surface area contributed by atoms with Crippen LogP contribution < -0.4 is 15.0 Å². The van der Waals surface area contributed by atoms with Crippen molar-refractivity contribution < 1.29 is 9.84 Å². The zero-order valence-corrected chi connectivity index (χ0v) is 14.0. The number of aliphatic hydroxyl groups is 1. The van der Waals surface area contributed by atoms with Crippen LogP contribution in [0.3, 0.4) is 0 Å². The lowest BCUT2D eigenvalue weighted by Gasteiger charge is -2.33. The standard InChI is InChI=1S/C17H30N2O2/c1-6-18-14(4)17-15(9-7-10-16(17)21-5)19(13(2)3)11-8-12-20/h7,9-10,13-14,18,20H,6,8,11-12H2,1-5H3. The summed E-state index contributed by atoms with van der Waals surface area (Å²) >= 11 is 0. The van der Waals surface area contributed by atoms with Crippen LogP contribution in [0.1, 0.15) is 45.7 Å². The summed E-state index contributed by atoms with van der Waals surface area (Å²) in [6, 6.07) is 6.78. The van der Waals surface area contributed by atoms with Crippen molar-refractivity contribution in [3.8, 4) is 5.75 Å². The molecule has 1 aromatic carbocycles. The molecular formula is C17H30N2O2. The molecule has 1 unspecified atom stereocenters. The van der Waals surface area contributed by atoms with Gasteiger partial charge < -0.3 is 20.1 Å². The van der Waals surface area contributed by atoms with Crippen LogP contribution in [0, 0.1) is 0 Å². The maximum absolute atomic E-state index is 9.14. The Morgan fingerprint density at radius 2 is 2.00 bits per heavy atom. The Hall–Kier alpha value is -1.26. The molecule has 0 aliphatic rings. The summed E-state index contributed by atoms with van der Waals surface area (Å²) in [5.41, 5.74) is 2.37. The summed E-state index contributed by atoms with van der Waals surface area (Å²) < 4.78 is 5.57. The zero-order chi connectivity index (χ0) is 15.8. The van der Waals surface area contributed by atoms with Gasteiger partial charge >= 0.3 is 0 Å². The van der Waals surface area contributed by atoms with Crippen LogP contribution >= 0.6 is 0 Å². The molecule has 4 nitrogen and oxygen atoms in total. The van der Waals surface area contributed by atoms with Gasteiger partial charge in [0.15, 0.2) is 0 Å². The van der Waals surface area contributed by atoms with Crippen LogP contribution in [0.2, 0.25) is 0 Å². The lowest BCUT2D eigenvalue weighted by Crippen LogP contribution is -2.34. The Bertz CT molecular complexity index is 421. The fraction of sp³-hybridized carbons (Fsp3) is 0.647. The first-order valence-electron chi connectivity index (χ1n) is 7.84. The summed E-state index contributed by atoms with van der Waals surface area (Å²) in [7, 11) is 1.72.